The number of hydrogen-bond acceptors (Lipinski definition) is 3. The Bertz CT molecular complexity index is 1370. The van der Waals surface area contributed by atoms with Gasteiger partial charge in [0, 0.05) is 35.6 Å². The molecule has 2 heterocycles. The van der Waals surface area contributed by atoms with Crippen molar-refractivity contribution in [1.29, 1.82) is 0 Å². The van der Waals surface area contributed by atoms with Crippen molar-refractivity contribution in [3.05, 3.63) is 71.2 Å². The Labute approximate surface area is 213 Å². The Hall–Kier alpha value is -3.12. The number of para-hydroxylation sites is 1. The zero-order valence-corrected chi connectivity index (χ0v) is 21.4. The molecule has 3 aromatic carbocycles. The maximum absolute atomic E-state index is 12.6. The minimum absolute atomic E-state index is 0.290. The van der Waals surface area contributed by atoms with Gasteiger partial charge in [-0.3, -0.25) is 4.79 Å². The summed E-state index contributed by atoms with van der Waals surface area (Å²) in [4.78, 5) is 19.7. The Morgan fingerprint density at radius 3 is 2.34 bits per heavy atom. The van der Waals surface area contributed by atoms with Crippen molar-refractivity contribution in [1.82, 2.24) is 14.5 Å². The van der Waals surface area contributed by atoms with E-state index >= 15 is 0 Å². The highest BCUT2D eigenvalue weighted by Gasteiger charge is 2.36. The van der Waals surface area contributed by atoms with Gasteiger partial charge in [0.2, 0.25) is 5.91 Å². The molecule has 1 saturated heterocycles. The molecule has 1 aromatic heterocycles. The van der Waals surface area contributed by atoms with E-state index in [-0.39, 0.29) is 0 Å². The minimum Gasteiger partial charge on any atom is -0.497 e. The number of likely N-dealkylation sites (tertiary alicyclic amines) is 1. The van der Waals surface area contributed by atoms with E-state index in [9.17, 15) is 4.79 Å². The molecule has 1 aliphatic carbocycles. The number of methoxy groups -OCH3 is 1. The van der Waals surface area contributed by atoms with Crippen molar-refractivity contribution in [2.24, 2.45) is 11.8 Å². The van der Waals surface area contributed by atoms with Gasteiger partial charge in [-0.25, -0.2) is 4.98 Å². The third-order valence-electron chi connectivity index (χ3n) is 7.26. The van der Waals surface area contributed by atoms with Crippen LogP contribution in [0.25, 0.3) is 33.5 Å². The van der Waals surface area contributed by atoms with Crippen molar-refractivity contribution in [2.45, 2.75) is 25.8 Å². The number of amides is 1. The standard InChI is InChI=1S/C29H28BrN3O2/c1-35-24-13-11-21(12-14-24)20-5-7-22(8-6-20)28-31-27-25(30)3-2-4-26(27)33(28)18-19-15-16-32(17-19)29(34)23-9-10-23/h2-8,11-14,19,23H,9-10,15-18H2,1H3/t19-/m0/s1. The highest BCUT2D eigenvalue weighted by molar-refractivity contribution is 9.10. The number of aromatic nitrogens is 2. The van der Waals surface area contributed by atoms with Crippen LogP contribution in [0.15, 0.2) is 71.2 Å². The van der Waals surface area contributed by atoms with Gasteiger partial charge in [-0.1, -0.05) is 42.5 Å². The Morgan fingerprint density at radius 1 is 0.971 bits per heavy atom. The first kappa shape index (κ1) is 22.4. The number of halogens is 1. The largest absolute Gasteiger partial charge is 0.497 e. The fourth-order valence-corrected chi connectivity index (χ4v) is 5.59. The summed E-state index contributed by atoms with van der Waals surface area (Å²) in [5, 5.41) is 0. The van der Waals surface area contributed by atoms with Gasteiger partial charge in [-0.2, -0.15) is 0 Å². The molecule has 6 rings (SSSR count). The van der Waals surface area contributed by atoms with E-state index in [1.54, 1.807) is 7.11 Å². The zero-order chi connectivity index (χ0) is 23.9. The van der Waals surface area contributed by atoms with Gasteiger partial charge in [-0.15, -0.1) is 0 Å². The number of fused-ring (bicyclic) bond motifs is 1. The molecular weight excluding hydrogens is 502 g/mol. The number of carbonyl (C=O) groups excluding carboxylic acids is 1. The third kappa shape index (κ3) is 4.36. The maximum atomic E-state index is 12.6. The van der Waals surface area contributed by atoms with E-state index in [0.717, 1.165) is 82.7 Å². The molecule has 6 heteroatoms. The molecular formula is C29H28BrN3O2. The molecule has 0 radical (unpaired) electrons. The van der Waals surface area contributed by atoms with E-state index < -0.39 is 0 Å². The van der Waals surface area contributed by atoms with E-state index in [4.69, 9.17) is 9.72 Å². The number of benzene rings is 3. The van der Waals surface area contributed by atoms with E-state index in [1.807, 2.05) is 18.2 Å². The van der Waals surface area contributed by atoms with Crippen LogP contribution < -0.4 is 4.74 Å². The normalized spacial score (nSPS) is 17.8. The first-order chi connectivity index (χ1) is 17.1. The number of rotatable bonds is 6. The van der Waals surface area contributed by atoms with Crippen molar-refractivity contribution in [3.8, 4) is 28.3 Å². The molecule has 1 saturated carbocycles. The predicted molar refractivity (Wildman–Crippen MR) is 142 cm³/mol. The van der Waals surface area contributed by atoms with Gasteiger partial charge in [0.05, 0.1) is 12.6 Å². The van der Waals surface area contributed by atoms with Gasteiger partial charge in [0.15, 0.2) is 0 Å². The van der Waals surface area contributed by atoms with Crippen LogP contribution in [0.2, 0.25) is 0 Å². The lowest BCUT2D eigenvalue weighted by atomic mass is 10.0. The fraction of sp³-hybridized carbons (Fsp3) is 0.310. The lowest BCUT2D eigenvalue weighted by molar-refractivity contribution is -0.131. The second kappa shape index (κ2) is 9.15. The van der Waals surface area contributed by atoms with E-state index in [0.29, 0.717) is 17.7 Å². The summed E-state index contributed by atoms with van der Waals surface area (Å²) in [6.07, 6.45) is 3.18. The molecule has 0 unspecified atom stereocenters. The number of carbonyl (C=O) groups is 1. The molecule has 0 N–H and O–H groups in total. The second-order valence-corrected chi connectivity index (χ2v) is 10.5. The van der Waals surface area contributed by atoms with Crippen LogP contribution in [0.4, 0.5) is 0 Å². The van der Waals surface area contributed by atoms with Crippen LogP contribution >= 0.6 is 15.9 Å². The highest BCUT2D eigenvalue weighted by Crippen LogP contribution is 2.35. The lowest BCUT2D eigenvalue weighted by Gasteiger charge is -2.18. The SMILES string of the molecule is COc1ccc(-c2ccc(-c3nc4c(Br)cccc4n3C[C@H]3CCN(C(=O)C4CC4)C3)cc2)cc1. The van der Waals surface area contributed by atoms with Gasteiger partial charge in [-0.05, 0) is 76.5 Å². The van der Waals surface area contributed by atoms with Crippen LogP contribution in [-0.2, 0) is 11.3 Å². The summed E-state index contributed by atoms with van der Waals surface area (Å²) < 4.78 is 8.63. The van der Waals surface area contributed by atoms with Crippen LogP contribution in [0.5, 0.6) is 5.75 Å². The fourth-order valence-electron chi connectivity index (χ4n) is 5.14. The quantitative estimate of drug-likeness (QED) is 0.290. The third-order valence-corrected chi connectivity index (χ3v) is 7.90. The number of hydrogen-bond donors (Lipinski definition) is 0. The molecule has 5 nitrogen and oxygen atoms in total. The molecule has 0 spiro atoms. The zero-order valence-electron chi connectivity index (χ0n) is 19.8. The van der Waals surface area contributed by atoms with Crippen molar-refractivity contribution >= 4 is 32.9 Å². The molecule has 4 aromatic rings. The number of imidazole rings is 1. The van der Waals surface area contributed by atoms with Gasteiger partial charge < -0.3 is 14.2 Å². The van der Waals surface area contributed by atoms with Crippen LogP contribution in [0.1, 0.15) is 19.3 Å². The number of nitrogens with zero attached hydrogens (tertiary/aromatic N) is 3. The first-order valence-corrected chi connectivity index (χ1v) is 13.1. The summed E-state index contributed by atoms with van der Waals surface area (Å²) in [7, 11) is 1.68. The summed E-state index contributed by atoms with van der Waals surface area (Å²) >= 11 is 3.70. The molecule has 35 heavy (non-hydrogen) atoms. The molecule has 0 bridgehead atoms. The molecule has 1 aliphatic heterocycles. The number of ether oxygens (including phenoxy) is 1. The molecule has 1 atom stereocenters. The van der Waals surface area contributed by atoms with Crippen LogP contribution in [0, 0.1) is 11.8 Å². The summed E-state index contributed by atoms with van der Waals surface area (Å²) in [6.45, 7) is 2.58. The molecule has 1 amide bonds. The van der Waals surface area contributed by atoms with E-state index in [2.05, 4.69) is 73.9 Å². The monoisotopic (exact) mass is 529 g/mol. The molecule has 2 aliphatic rings. The average Bonchev–Trinajstić information content (AvgIpc) is 3.53. The van der Waals surface area contributed by atoms with Crippen molar-refractivity contribution in [2.75, 3.05) is 20.2 Å². The highest BCUT2D eigenvalue weighted by atomic mass is 79.9. The molecule has 178 valence electrons. The Kier molecular flexibility index (Phi) is 5.85. The molecule has 2 fully saturated rings. The second-order valence-electron chi connectivity index (χ2n) is 9.67. The summed E-state index contributed by atoms with van der Waals surface area (Å²) in [5.41, 5.74) is 5.51. The Balaban J connectivity index is 1.31. The van der Waals surface area contributed by atoms with Gasteiger partial charge >= 0.3 is 0 Å². The van der Waals surface area contributed by atoms with Gasteiger partial charge in [0.25, 0.3) is 0 Å². The van der Waals surface area contributed by atoms with Gasteiger partial charge in [0.1, 0.15) is 17.1 Å². The first-order valence-electron chi connectivity index (χ1n) is 12.3. The minimum atomic E-state index is 0.290. The summed E-state index contributed by atoms with van der Waals surface area (Å²) in [6, 6.07) is 23.0. The van der Waals surface area contributed by atoms with Crippen molar-refractivity contribution < 1.29 is 9.53 Å². The Morgan fingerprint density at radius 2 is 1.66 bits per heavy atom. The maximum Gasteiger partial charge on any atom is 0.225 e. The average molecular weight is 530 g/mol. The lowest BCUT2D eigenvalue weighted by Crippen LogP contribution is -2.30. The smallest absolute Gasteiger partial charge is 0.225 e. The van der Waals surface area contributed by atoms with Crippen molar-refractivity contribution in [3.63, 3.8) is 0 Å². The van der Waals surface area contributed by atoms with Crippen LogP contribution in [-0.4, -0.2) is 40.6 Å². The van der Waals surface area contributed by atoms with Crippen LogP contribution in [0.3, 0.4) is 0 Å². The summed E-state index contributed by atoms with van der Waals surface area (Å²) in [5.74, 6) is 2.92. The topological polar surface area (TPSA) is 47.4 Å². The predicted octanol–water partition coefficient (Wildman–Crippen LogP) is 6.40. The van der Waals surface area contributed by atoms with E-state index in [1.165, 1.54) is 0 Å².